The molecule has 2 aromatic rings. The Bertz CT molecular complexity index is 632. The molecule has 0 bridgehead atoms. The Kier molecular flexibility index (Phi) is 2.52. The fourth-order valence-electron chi connectivity index (χ4n) is 1.57. The van der Waals surface area contributed by atoms with Gasteiger partial charge in [-0.05, 0) is 6.92 Å². The van der Waals surface area contributed by atoms with Gasteiger partial charge in [0.15, 0.2) is 23.3 Å². The summed E-state index contributed by atoms with van der Waals surface area (Å²) in [5.41, 5.74) is -0.834. The fourth-order valence-corrected chi connectivity index (χ4v) is 1.57. The first-order valence-electron chi connectivity index (χ1n) is 4.46. The highest BCUT2D eigenvalue weighted by atomic mass is 19.2. The van der Waals surface area contributed by atoms with E-state index in [1.165, 1.54) is 0 Å². The molecule has 2 rings (SSSR count). The zero-order chi connectivity index (χ0) is 12.9. The normalized spacial score (nSPS) is 11.2. The molecule has 2 aromatic carbocycles. The number of fused-ring (bicyclic) bond motifs is 1. The second-order valence-corrected chi connectivity index (χ2v) is 3.47. The van der Waals surface area contributed by atoms with Gasteiger partial charge in [-0.25, -0.2) is 26.3 Å². The fraction of sp³-hybridized carbons (Fsp3) is 0.0909. The highest BCUT2D eigenvalue weighted by Gasteiger charge is 2.24. The predicted molar refractivity (Wildman–Crippen MR) is 48.4 cm³/mol. The molecule has 0 radical (unpaired) electrons. The molecule has 0 fully saturated rings. The zero-order valence-electron chi connectivity index (χ0n) is 8.35. The van der Waals surface area contributed by atoms with E-state index in [1.807, 2.05) is 0 Å². The summed E-state index contributed by atoms with van der Waals surface area (Å²) in [5, 5.41) is -2.46. The van der Waals surface area contributed by atoms with Gasteiger partial charge >= 0.3 is 0 Å². The molecule has 90 valence electrons. The van der Waals surface area contributed by atoms with Crippen molar-refractivity contribution in [2.45, 2.75) is 6.92 Å². The van der Waals surface area contributed by atoms with Crippen molar-refractivity contribution in [3.05, 3.63) is 46.5 Å². The standard InChI is InChI=1S/C11H4F6/c1-3-8(14)7-6(11(17)9(3)15)4(12)2-5(13)10(7)16/h2H,1H3. The largest absolute Gasteiger partial charge is 0.206 e. The van der Waals surface area contributed by atoms with E-state index in [1.54, 1.807) is 0 Å². The van der Waals surface area contributed by atoms with Crippen LogP contribution in [0.3, 0.4) is 0 Å². The van der Waals surface area contributed by atoms with Crippen molar-refractivity contribution in [3.63, 3.8) is 0 Å². The Morgan fingerprint density at radius 3 is 1.82 bits per heavy atom. The third-order valence-corrected chi connectivity index (χ3v) is 2.46. The minimum atomic E-state index is -1.75. The second-order valence-electron chi connectivity index (χ2n) is 3.47. The van der Waals surface area contributed by atoms with Crippen molar-refractivity contribution in [2.75, 3.05) is 0 Å². The summed E-state index contributed by atoms with van der Waals surface area (Å²) in [6.07, 6.45) is 0. The average Bonchev–Trinajstić information content (AvgIpc) is 2.28. The van der Waals surface area contributed by atoms with Crippen LogP contribution in [0, 0.1) is 41.8 Å². The third-order valence-electron chi connectivity index (χ3n) is 2.46. The molecule has 6 heteroatoms. The van der Waals surface area contributed by atoms with Gasteiger partial charge in [0.2, 0.25) is 0 Å². The van der Waals surface area contributed by atoms with Gasteiger partial charge in [0, 0.05) is 11.6 Å². The topological polar surface area (TPSA) is 0 Å². The van der Waals surface area contributed by atoms with E-state index in [0.29, 0.717) is 0 Å². The lowest BCUT2D eigenvalue weighted by molar-refractivity contribution is 0.476. The number of halogens is 6. The SMILES string of the molecule is Cc1c(F)c(F)c2c(F)cc(F)c(F)c2c1F. The lowest BCUT2D eigenvalue weighted by atomic mass is 10.0. The maximum absolute atomic E-state index is 13.5. The molecule has 0 spiro atoms. The number of hydrogen-bond acceptors (Lipinski definition) is 0. The first-order valence-corrected chi connectivity index (χ1v) is 4.46. The van der Waals surface area contributed by atoms with Crippen LogP contribution in [-0.4, -0.2) is 0 Å². The van der Waals surface area contributed by atoms with Crippen molar-refractivity contribution < 1.29 is 26.3 Å². The van der Waals surface area contributed by atoms with Crippen LogP contribution >= 0.6 is 0 Å². The zero-order valence-corrected chi connectivity index (χ0v) is 8.35. The van der Waals surface area contributed by atoms with Gasteiger partial charge < -0.3 is 0 Å². The summed E-state index contributed by atoms with van der Waals surface area (Å²) in [4.78, 5) is 0. The van der Waals surface area contributed by atoms with Crippen LogP contribution < -0.4 is 0 Å². The van der Waals surface area contributed by atoms with Crippen LogP contribution in [-0.2, 0) is 0 Å². The summed E-state index contributed by atoms with van der Waals surface area (Å²) in [6, 6.07) is 0.0367. The highest BCUT2D eigenvalue weighted by Crippen LogP contribution is 2.32. The van der Waals surface area contributed by atoms with E-state index < -0.39 is 51.2 Å². The monoisotopic (exact) mass is 250 g/mol. The molecule has 0 aliphatic heterocycles. The minimum Gasteiger partial charge on any atom is -0.206 e. The molecular formula is C11H4F6. The molecule has 0 nitrogen and oxygen atoms in total. The Morgan fingerprint density at radius 2 is 1.24 bits per heavy atom. The van der Waals surface area contributed by atoms with Crippen molar-refractivity contribution in [1.82, 2.24) is 0 Å². The summed E-state index contributed by atoms with van der Waals surface area (Å²) in [7, 11) is 0. The molecule has 17 heavy (non-hydrogen) atoms. The quantitative estimate of drug-likeness (QED) is 0.490. The molecule has 0 aliphatic carbocycles. The van der Waals surface area contributed by atoms with Gasteiger partial charge in [-0.2, -0.15) is 0 Å². The Morgan fingerprint density at radius 1 is 0.647 bits per heavy atom. The smallest absolute Gasteiger partial charge is 0.170 e. The second kappa shape index (κ2) is 3.65. The molecule has 0 unspecified atom stereocenters. The maximum atomic E-state index is 13.5. The van der Waals surface area contributed by atoms with E-state index in [-0.39, 0.29) is 6.07 Å². The van der Waals surface area contributed by atoms with Crippen molar-refractivity contribution >= 4 is 10.8 Å². The molecule has 0 N–H and O–H groups in total. The van der Waals surface area contributed by atoms with Crippen LogP contribution in [0.2, 0.25) is 0 Å². The summed E-state index contributed by atoms with van der Waals surface area (Å²) < 4.78 is 79.3. The molecule has 0 aliphatic rings. The third kappa shape index (κ3) is 1.47. The highest BCUT2D eigenvalue weighted by molar-refractivity contribution is 5.86. The summed E-state index contributed by atoms with van der Waals surface area (Å²) in [5.74, 6) is -9.86. The molecule has 0 atom stereocenters. The van der Waals surface area contributed by atoms with Gasteiger partial charge in [-0.3, -0.25) is 0 Å². The molecule has 0 heterocycles. The number of benzene rings is 2. The van der Waals surface area contributed by atoms with Gasteiger partial charge in [-0.15, -0.1) is 0 Å². The lowest BCUT2D eigenvalue weighted by Crippen LogP contribution is -2.02. The van der Waals surface area contributed by atoms with E-state index >= 15 is 0 Å². The Hall–Kier alpha value is -1.72. The Balaban J connectivity index is 3.17. The van der Waals surface area contributed by atoms with Crippen LogP contribution in [0.15, 0.2) is 6.07 Å². The average molecular weight is 250 g/mol. The molecule has 0 saturated heterocycles. The maximum Gasteiger partial charge on any atom is 0.170 e. The van der Waals surface area contributed by atoms with E-state index in [0.717, 1.165) is 6.92 Å². The summed E-state index contributed by atoms with van der Waals surface area (Å²) in [6.45, 7) is 0.843. The van der Waals surface area contributed by atoms with Crippen LogP contribution in [0.4, 0.5) is 26.3 Å². The molecular weight excluding hydrogens is 246 g/mol. The predicted octanol–water partition coefficient (Wildman–Crippen LogP) is 3.98. The van der Waals surface area contributed by atoms with Crippen LogP contribution in [0.5, 0.6) is 0 Å². The first-order chi connectivity index (χ1) is 7.86. The van der Waals surface area contributed by atoms with E-state index in [2.05, 4.69) is 0 Å². The van der Waals surface area contributed by atoms with Gasteiger partial charge in [0.1, 0.15) is 11.6 Å². The van der Waals surface area contributed by atoms with E-state index in [9.17, 15) is 26.3 Å². The lowest BCUT2D eigenvalue weighted by Gasteiger charge is -2.08. The molecule has 0 amide bonds. The number of hydrogen-bond donors (Lipinski definition) is 0. The number of rotatable bonds is 0. The molecule has 0 saturated carbocycles. The van der Waals surface area contributed by atoms with Crippen molar-refractivity contribution in [1.29, 1.82) is 0 Å². The first kappa shape index (κ1) is 11.8. The van der Waals surface area contributed by atoms with E-state index in [4.69, 9.17) is 0 Å². The summed E-state index contributed by atoms with van der Waals surface area (Å²) >= 11 is 0. The van der Waals surface area contributed by atoms with Gasteiger partial charge in [-0.1, -0.05) is 0 Å². The van der Waals surface area contributed by atoms with Crippen LogP contribution in [0.25, 0.3) is 10.8 Å². The van der Waals surface area contributed by atoms with Crippen molar-refractivity contribution in [2.24, 2.45) is 0 Å². The molecule has 0 aromatic heterocycles. The van der Waals surface area contributed by atoms with Gasteiger partial charge in [0.05, 0.1) is 10.8 Å². The van der Waals surface area contributed by atoms with Crippen LogP contribution in [0.1, 0.15) is 5.56 Å². The van der Waals surface area contributed by atoms with Crippen molar-refractivity contribution in [3.8, 4) is 0 Å². The minimum absolute atomic E-state index is 0.0367. The van der Waals surface area contributed by atoms with Gasteiger partial charge in [0.25, 0.3) is 0 Å². The Labute approximate surface area is 91.5 Å².